The Kier molecular flexibility index (Phi) is 7.80. The van der Waals surface area contributed by atoms with Crippen molar-refractivity contribution in [2.75, 3.05) is 19.4 Å². The summed E-state index contributed by atoms with van der Waals surface area (Å²) >= 11 is 0. The summed E-state index contributed by atoms with van der Waals surface area (Å²) in [7, 11) is -0.820. The molecule has 0 saturated carbocycles. The highest BCUT2D eigenvalue weighted by molar-refractivity contribution is 7.89. The molecule has 178 valence electrons. The number of amides is 1. The van der Waals surface area contributed by atoms with Crippen molar-refractivity contribution in [2.45, 2.75) is 18.4 Å². The summed E-state index contributed by atoms with van der Waals surface area (Å²) < 4.78 is 55.3. The summed E-state index contributed by atoms with van der Waals surface area (Å²) in [6, 6.07) is 19.3. The Balaban J connectivity index is 1.97. The molecule has 1 amide bonds. The molecule has 6 nitrogen and oxygen atoms in total. The van der Waals surface area contributed by atoms with Crippen molar-refractivity contribution < 1.29 is 26.7 Å². The third-order valence-corrected chi connectivity index (χ3v) is 6.79. The number of carbonyl (C=O) groups is 1. The van der Waals surface area contributed by atoms with E-state index < -0.39 is 22.5 Å². The van der Waals surface area contributed by atoms with E-state index in [4.69, 9.17) is 0 Å². The second-order valence-corrected chi connectivity index (χ2v) is 9.74. The maximum absolute atomic E-state index is 13.3. The van der Waals surface area contributed by atoms with Crippen LogP contribution in [0.1, 0.15) is 16.7 Å². The highest BCUT2D eigenvalue weighted by atomic mass is 32.2. The maximum atomic E-state index is 13.3. The number of anilines is 1. The van der Waals surface area contributed by atoms with Crippen molar-refractivity contribution in [3.63, 3.8) is 0 Å². The van der Waals surface area contributed by atoms with Crippen molar-refractivity contribution in [1.82, 2.24) is 4.31 Å². The number of sulfonamides is 1. The third-order valence-electron chi connectivity index (χ3n) is 4.98. The molecule has 0 bridgehead atoms. The average molecular weight is 487 g/mol. The molecule has 34 heavy (non-hydrogen) atoms. The van der Waals surface area contributed by atoms with Gasteiger partial charge in [-0.1, -0.05) is 48.5 Å². The van der Waals surface area contributed by atoms with E-state index in [2.05, 4.69) is 10.1 Å². The lowest BCUT2D eigenvalue weighted by Crippen LogP contribution is -2.22. The number of hydrogen-bond acceptors (Lipinski definition) is 4. The van der Waals surface area contributed by atoms with Gasteiger partial charge in [0.25, 0.3) is 5.91 Å². The van der Waals surface area contributed by atoms with Crippen LogP contribution >= 0.6 is 0 Å². The van der Waals surface area contributed by atoms with E-state index in [1.54, 1.807) is 55.5 Å². The predicted molar refractivity (Wildman–Crippen MR) is 128 cm³/mol. The van der Waals surface area contributed by atoms with Crippen LogP contribution < -0.4 is 10.1 Å². The number of ether oxygens (including phenoxy) is 1. The molecule has 0 atom stereocenters. The smallest absolute Gasteiger partial charge is 0.387 e. The van der Waals surface area contributed by atoms with Gasteiger partial charge in [-0.2, -0.15) is 8.78 Å². The molecule has 0 heterocycles. The van der Waals surface area contributed by atoms with E-state index >= 15 is 0 Å². The first-order valence-electron chi connectivity index (χ1n) is 10.2. The average Bonchev–Trinajstić information content (AvgIpc) is 2.80. The highest BCUT2D eigenvalue weighted by Crippen LogP contribution is 2.26. The van der Waals surface area contributed by atoms with E-state index in [9.17, 15) is 22.0 Å². The maximum Gasteiger partial charge on any atom is 0.387 e. The summed E-state index contributed by atoms with van der Waals surface area (Å²) in [6.07, 6.45) is 1.62. The molecule has 3 aromatic carbocycles. The van der Waals surface area contributed by atoms with Crippen LogP contribution in [0.3, 0.4) is 0 Å². The normalized spacial score (nSPS) is 12.1. The van der Waals surface area contributed by atoms with Crippen LogP contribution in [0.25, 0.3) is 11.6 Å². The lowest BCUT2D eigenvalue weighted by atomic mass is 10.0. The molecule has 0 aliphatic rings. The zero-order valence-electron chi connectivity index (χ0n) is 18.8. The summed E-state index contributed by atoms with van der Waals surface area (Å²) in [5, 5.41) is 2.80. The molecule has 0 aliphatic heterocycles. The number of carbonyl (C=O) groups excluding carboxylic acids is 1. The monoisotopic (exact) mass is 486 g/mol. The SMILES string of the molecule is Cc1ccc(S(=O)(=O)N(C)C)cc1NC(=O)/C(=C/c1ccc(OC(F)F)cc1)c1ccccc1. The highest BCUT2D eigenvalue weighted by Gasteiger charge is 2.20. The lowest BCUT2D eigenvalue weighted by molar-refractivity contribution is -0.111. The predicted octanol–water partition coefficient (Wildman–Crippen LogP) is 5.03. The molecule has 0 saturated heterocycles. The quantitative estimate of drug-likeness (QED) is 0.358. The van der Waals surface area contributed by atoms with Gasteiger partial charge in [-0.25, -0.2) is 12.7 Å². The Labute approximate surface area is 197 Å². The number of aryl methyl sites for hydroxylation is 1. The fourth-order valence-corrected chi connectivity index (χ4v) is 4.03. The van der Waals surface area contributed by atoms with Crippen molar-refractivity contribution in [1.29, 1.82) is 0 Å². The standard InChI is InChI=1S/C25H24F2N2O4S/c1-17-9-14-21(34(31,32)29(2)3)16-23(17)28-24(30)22(19-7-5-4-6-8-19)15-18-10-12-20(13-11-18)33-25(26)27/h4-16,25H,1-3H3,(H,28,30)/b22-15+. The molecule has 0 aliphatic carbocycles. The van der Waals surface area contributed by atoms with Crippen LogP contribution in [0, 0.1) is 6.92 Å². The summed E-state index contributed by atoms with van der Waals surface area (Å²) in [4.78, 5) is 13.4. The van der Waals surface area contributed by atoms with Crippen LogP contribution in [-0.2, 0) is 14.8 Å². The Hall–Kier alpha value is -3.56. The van der Waals surface area contributed by atoms with Crippen molar-refractivity contribution in [3.05, 3.63) is 89.5 Å². The third kappa shape index (κ3) is 6.06. The van der Waals surface area contributed by atoms with Gasteiger partial charge in [0.2, 0.25) is 10.0 Å². The zero-order valence-corrected chi connectivity index (χ0v) is 19.6. The van der Waals surface area contributed by atoms with E-state index in [1.165, 1.54) is 38.4 Å². The van der Waals surface area contributed by atoms with Gasteiger partial charge >= 0.3 is 6.61 Å². The minimum Gasteiger partial charge on any atom is -0.435 e. The first-order chi connectivity index (χ1) is 16.1. The van der Waals surface area contributed by atoms with E-state index in [0.717, 1.165) is 4.31 Å². The second-order valence-electron chi connectivity index (χ2n) is 7.59. The van der Waals surface area contributed by atoms with E-state index in [0.29, 0.717) is 28.0 Å². The summed E-state index contributed by atoms with van der Waals surface area (Å²) in [5.74, 6) is -0.450. The minimum atomic E-state index is -3.68. The van der Waals surface area contributed by atoms with Gasteiger partial charge in [0.1, 0.15) is 5.75 Å². The van der Waals surface area contributed by atoms with Crippen molar-refractivity contribution in [3.8, 4) is 5.75 Å². The van der Waals surface area contributed by atoms with E-state index in [-0.39, 0.29) is 10.6 Å². The van der Waals surface area contributed by atoms with Crippen LogP contribution in [-0.4, -0.2) is 39.3 Å². The van der Waals surface area contributed by atoms with Crippen molar-refractivity contribution in [2.24, 2.45) is 0 Å². The molecule has 9 heteroatoms. The summed E-state index contributed by atoms with van der Waals surface area (Å²) in [5.41, 5.74) is 2.57. The molecule has 0 fully saturated rings. The van der Waals surface area contributed by atoms with Gasteiger partial charge < -0.3 is 10.1 Å². The Morgan fingerprint density at radius 2 is 1.65 bits per heavy atom. The van der Waals surface area contributed by atoms with E-state index in [1.807, 2.05) is 6.07 Å². The fraction of sp³-hybridized carbons (Fsp3) is 0.160. The van der Waals surface area contributed by atoms with Crippen molar-refractivity contribution >= 4 is 33.3 Å². The summed E-state index contributed by atoms with van der Waals surface area (Å²) in [6.45, 7) is -1.17. The molecular weight excluding hydrogens is 462 g/mol. The van der Waals surface area contributed by atoms with Crippen LogP contribution in [0.15, 0.2) is 77.7 Å². The number of halogens is 2. The Morgan fingerprint density at radius 3 is 2.24 bits per heavy atom. The van der Waals surface area contributed by atoms with Gasteiger partial charge in [0, 0.05) is 25.4 Å². The molecule has 1 N–H and O–H groups in total. The molecule has 0 aromatic heterocycles. The van der Waals surface area contributed by atoms with Crippen LogP contribution in [0.4, 0.5) is 14.5 Å². The fourth-order valence-electron chi connectivity index (χ4n) is 3.11. The molecule has 3 rings (SSSR count). The molecule has 0 spiro atoms. The number of nitrogens with zero attached hydrogens (tertiary/aromatic N) is 1. The lowest BCUT2D eigenvalue weighted by Gasteiger charge is -2.15. The largest absolute Gasteiger partial charge is 0.435 e. The first-order valence-corrected chi connectivity index (χ1v) is 11.7. The van der Waals surface area contributed by atoms with Gasteiger partial charge in [0.05, 0.1) is 4.90 Å². The van der Waals surface area contributed by atoms with Gasteiger partial charge in [0.15, 0.2) is 0 Å². The molecule has 0 unspecified atom stereocenters. The van der Waals surface area contributed by atoms with Crippen LogP contribution in [0.5, 0.6) is 5.75 Å². The number of hydrogen-bond donors (Lipinski definition) is 1. The van der Waals surface area contributed by atoms with Crippen LogP contribution in [0.2, 0.25) is 0 Å². The minimum absolute atomic E-state index is 0.00686. The Morgan fingerprint density at radius 1 is 1.00 bits per heavy atom. The van der Waals surface area contributed by atoms with Gasteiger partial charge in [-0.15, -0.1) is 0 Å². The number of benzene rings is 3. The Bertz CT molecular complexity index is 1290. The number of rotatable bonds is 8. The zero-order chi connectivity index (χ0) is 24.9. The number of nitrogens with one attached hydrogen (secondary N) is 1. The van der Waals surface area contributed by atoms with Gasteiger partial charge in [-0.05, 0) is 54.0 Å². The van der Waals surface area contributed by atoms with Gasteiger partial charge in [-0.3, -0.25) is 4.79 Å². The molecule has 3 aromatic rings. The number of alkyl halides is 2. The second kappa shape index (κ2) is 10.6. The first kappa shape index (κ1) is 25.1. The molecule has 0 radical (unpaired) electrons. The molecular formula is C25H24F2N2O4S. The topological polar surface area (TPSA) is 75.7 Å².